The maximum atomic E-state index is 13.4. The number of carbonyl (C=O) groups excluding carboxylic acids is 2. The predicted octanol–water partition coefficient (Wildman–Crippen LogP) is 5.94. The SMILES string of the molecule is C=C(F)/C=C\C(=C/C)c1nn2c(c1-c1ccc(=N)n(/C=C/c3ccnc(F)c3)n1)CN(C)CC2.C=O.CN.O=CNc1ccc(C(F)(F)F)cc1. The molecule has 3 aromatic heterocycles. The Morgan fingerprint density at radius 2 is 1.73 bits per heavy atom. The molecule has 0 bridgehead atoms. The summed E-state index contributed by atoms with van der Waals surface area (Å²) < 4.78 is 66.2. The molecule has 1 aliphatic rings. The molecule has 51 heavy (non-hydrogen) atoms. The summed E-state index contributed by atoms with van der Waals surface area (Å²) in [5.74, 6) is -1.13. The number of fused-ring (bicyclic) bond motifs is 1. The van der Waals surface area contributed by atoms with Crippen molar-refractivity contribution in [2.45, 2.75) is 26.2 Å². The molecule has 4 N–H and O–H groups in total. The molecular weight excluding hydrogens is 673 g/mol. The summed E-state index contributed by atoms with van der Waals surface area (Å²) >= 11 is 0. The molecule has 1 amide bonds. The highest BCUT2D eigenvalue weighted by atomic mass is 19.4. The molecule has 4 heterocycles. The molecule has 0 radical (unpaired) electrons. The molecule has 0 atom stereocenters. The molecule has 5 rings (SSSR count). The number of carbonyl (C=O) groups is 2. The number of allylic oxidation sites excluding steroid dienone is 5. The Balaban J connectivity index is 0.000000444. The van der Waals surface area contributed by atoms with Crippen LogP contribution in [0.25, 0.3) is 29.1 Å². The second-order valence-electron chi connectivity index (χ2n) is 10.3. The van der Waals surface area contributed by atoms with Crippen LogP contribution in [0.4, 0.5) is 27.6 Å². The Morgan fingerprint density at radius 1 is 1.04 bits per heavy atom. The molecule has 0 saturated heterocycles. The maximum Gasteiger partial charge on any atom is 0.416 e. The van der Waals surface area contributed by atoms with Gasteiger partial charge in [0.1, 0.15) is 23.8 Å². The highest BCUT2D eigenvalue weighted by molar-refractivity contribution is 5.84. The van der Waals surface area contributed by atoms with Gasteiger partial charge in [-0.2, -0.15) is 27.8 Å². The summed E-state index contributed by atoms with van der Waals surface area (Å²) in [6.07, 6.45) is 5.54. The number of anilines is 1. The third-order valence-corrected chi connectivity index (χ3v) is 6.91. The largest absolute Gasteiger partial charge is 0.416 e. The number of hydrogen-bond acceptors (Lipinski definition) is 8. The fourth-order valence-electron chi connectivity index (χ4n) is 4.59. The van der Waals surface area contributed by atoms with Crippen molar-refractivity contribution < 1.29 is 31.5 Å². The number of alkyl halides is 3. The Kier molecular flexibility index (Phi) is 16.2. The number of nitrogens with one attached hydrogen (secondary N) is 2. The van der Waals surface area contributed by atoms with Crippen LogP contribution in [0.15, 0.2) is 85.4 Å². The van der Waals surface area contributed by atoms with Gasteiger partial charge in [-0.3, -0.25) is 19.8 Å². The highest BCUT2D eigenvalue weighted by Crippen LogP contribution is 2.33. The lowest BCUT2D eigenvalue weighted by atomic mass is 10.0. The van der Waals surface area contributed by atoms with Crippen LogP contribution in [0.2, 0.25) is 0 Å². The van der Waals surface area contributed by atoms with Gasteiger partial charge < -0.3 is 15.8 Å². The summed E-state index contributed by atoms with van der Waals surface area (Å²) in [7, 11) is 3.54. The second kappa shape index (κ2) is 20.0. The fraction of sp³-hybridized carbons (Fsp3) is 0.200. The van der Waals surface area contributed by atoms with Gasteiger partial charge >= 0.3 is 6.18 Å². The van der Waals surface area contributed by atoms with E-state index in [1.807, 2.05) is 31.5 Å². The lowest BCUT2D eigenvalue weighted by Gasteiger charge is -2.24. The summed E-state index contributed by atoms with van der Waals surface area (Å²) in [6, 6.07) is 10.6. The number of rotatable bonds is 8. The van der Waals surface area contributed by atoms with Crippen molar-refractivity contribution in [2.75, 3.05) is 26.0 Å². The monoisotopic (exact) mass is 711 g/mol. The first-order valence-electron chi connectivity index (χ1n) is 15.1. The second-order valence-corrected chi connectivity index (χ2v) is 10.3. The van der Waals surface area contributed by atoms with E-state index in [2.05, 4.69) is 32.6 Å². The first-order chi connectivity index (χ1) is 24.4. The average molecular weight is 712 g/mol. The Bertz CT molecular complexity index is 1910. The van der Waals surface area contributed by atoms with Crippen molar-refractivity contribution in [3.05, 3.63) is 119 Å². The van der Waals surface area contributed by atoms with E-state index in [9.17, 15) is 26.7 Å². The van der Waals surface area contributed by atoms with Crippen LogP contribution in [-0.4, -0.2) is 63.3 Å². The molecule has 0 aliphatic carbocycles. The van der Waals surface area contributed by atoms with Crippen LogP contribution in [0, 0.1) is 11.4 Å². The van der Waals surface area contributed by atoms with Crippen molar-refractivity contribution in [3.63, 3.8) is 0 Å². The zero-order valence-corrected chi connectivity index (χ0v) is 28.2. The van der Waals surface area contributed by atoms with Crippen molar-refractivity contribution in [1.82, 2.24) is 29.4 Å². The third-order valence-electron chi connectivity index (χ3n) is 6.91. The predicted molar refractivity (Wildman–Crippen MR) is 186 cm³/mol. The summed E-state index contributed by atoms with van der Waals surface area (Å²) in [5, 5.41) is 20.0. The molecule has 1 aliphatic heterocycles. The summed E-state index contributed by atoms with van der Waals surface area (Å²) in [6.45, 7) is 9.42. The number of benzene rings is 1. The average Bonchev–Trinajstić information content (AvgIpc) is 3.48. The minimum absolute atomic E-state index is 0.161. The van der Waals surface area contributed by atoms with Gasteiger partial charge in [-0.05, 0) is 86.8 Å². The number of nitrogens with two attached hydrogens (primary N) is 1. The molecule has 0 unspecified atom stereocenters. The van der Waals surface area contributed by atoms with E-state index < -0.39 is 23.5 Å². The summed E-state index contributed by atoms with van der Waals surface area (Å²) in [4.78, 5) is 23.7. The number of amides is 1. The van der Waals surface area contributed by atoms with Gasteiger partial charge in [0.2, 0.25) is 12.4 Å². The van der Waals surface area contributed by atoms with Crippen molar-refractivity contribution >= 4 is 36.7 Å². The third kappa shape index (κ3) is 11.9. The van der Waals surface area contributed by atoms with Gasteiger partial charge in [-0.1, -0.05) is 18.7 Å². The van der Waals surface area contributed by atoms with Crippen LogP contribution < -0.4 is 16.5 Å². The Hall–Kier alpha value is -5.87. The number of nitrogens with zero attached hydrogens (tertiary/aromatic N) is 6. The molecular formula is C35H38F5N9O2. The van der Waals surface area contributed by atoms with E-state index in [0.29, 0.717) is 35.6 Å². The lowest BCUT2D eigenvalue weighted by molar-refractivity contribution is -0.137. The van der Waals surface area contributed by atoms with Gasteiger partial charge in [0.05, 0.1) is 29.1 Å². The van der Waals surface area contributed by atoms with Crippen molar-refractivity contribution in [1.29, 1.82) is 5.41 Å². The van der Waals surface area contributed by atoms with Gasteiger partial charge in [-0.15, -0.1) is 0 Å². The van der Waals surface area contributed by atoms with Crippen LogP contribution in [0.1, 0.15) is 29.4 Å². The first-order valence-corrected chi connectivity index (χ1v) is 15.1. The fourth-order valence-corrected chi connectivity index (χ4v) is 4.59. The van der Waals surface area contributed by atoms with Crippen LogP contribution >= 0.6 is 0 Å². The van der Waals surface area contributed by atoms with E-state index >= 15 is 0 Å². The number of hydrogen-bond donors (Lipinski definition) is 3. The lowest BCUT2D eigenvalue weighted by Crippen LogP contribution is -2.31. The Morgan fingerprint density at radius 3 is 2.31 bits per heavy atom. The molecule has 270 valence electrons. The standard InChI is InChI=1S/C25H25F2N7.C8H6F3NO.CH5N.CH2O/c1-4-19(6-5-17(2)26)25-24(21-16-32(3)13-14-33(21)31-25)20-7-8-23(28)34(30-20)12-10-18-9-11-29-22(27)15-18;9-8(10,11)6-1-3-7(4-2-6)12-5-13;2*1-2/h4-12,15,28H,2,13-14,16H2,1,3H3;1-5H,(H,12,13);2H2,1H3;1H2/b6-5-,12-10+,19-4+,28-23?;;;. The molecule has 11 nitrogen and oxygen atoms in total. The van der Waals surface area contributed by atoms with E-state index in [1.54, 1.807) is 36.6 Å². The zero-order valence-electron chi connectivity index (χ0n) is 28.2. The van der Waals surface area contributed by atoms with Gasteiger partial charge in [0, 0.05) is 37.2 Å². The zero-order chi connectivity index (χ0) is 38.1. The molecule has 0 saturated carbocycles. The number of aromatic nitrogens is 5. The van der Waals surface area contributed by atoms with Gasteiger partial charge in [0.25, 0.3) is 0 Å². The molecule has 1 aromatic carbocycles. The first kappa shape index (κ1) is 41.3. The van der Waals surface area contributed by atoms with Crippen LogP contribution in [0.3, 0.4) is 0 Å². The number of likely N-dealkylation sites (N-methyl/N-ethyl adjacent to an activating group) is 1. The highest BCUT2D eigenvalue weighted by Gasteiger charge is 2.30. The smallest absolute Gasteiger partial charge is 0.333 e. The molecule has 16 heteroatoms. The number of pyridine rings is 1. The van der Waals surface area contributed by atoms with Crippen molar-refractivity contribution in [2.24, 2.45) is 5.73 Å². The van der Waals surface area contributed by atoms with Gasteiger partial charge in [-0.25, -0.2) is 14.1 Å². The number of halogens is 5. The van der Waals surface area contributed by atoms with Crippen LogP contribution in [0.5, 0.6) is 0 Å². The topological polar surface area (TPSA) is 148 Å². The minimum atomic E-state index is -4.33. The summed E-state index contributed by atoms with van der Waals surface area (Å²) in [5.41, 5.74) is 8.73. The van der Waals surface area contributed by atoms with Crippen molar-refractivity contribution in [3.8, 4) is 11.3 Å². The molecule has 0 fully saturated rings. The van der Waals surface area contributed by atoms with Crippen LogP contribution in [-0.2, 0) is 28.9 Å². The Labute approximate surface area is 291 Å². The van der Waals surface area contributed by atoms with E-state index in [4.69, 9.17) is 15.3 Å². The quantitative estimate of drug-likeness (QED) is 0.0887. The molecule has 0 spiro atoms. The van der Waals surface area contributed by atoms with E-state index in [-0.39, 0.29) is 5.49 Å². The van der Waals surface area contributed by atoms with Gasteiger partial charge in [0.15, 0.2) is 0 Å². The maximum absolute atomic E-state index is 13.4. The van der Waals surface area contributed by atoms with E-state index in [0.717, 1.165) is 42.1 Å². The van der Waals surface area contributed by atoms with E-state index in [1.165, 1.54) is 42.2 Å². The molecule has 4 aromatic rings. The normalized spacial score (nSPS) is 12.8. The minimum Gasteiger partial charge on any atom is -0.333 e.